The minimum Gasteiger partial charge on any atom is -0.259 e. The molecule has 0 aliphatic carbocycles. The van der Waals surface area contributed by atoms with Gasteiger partial charge in [0, 0.05) is 0 Å². The lowest BCUT2D eigenvalue weighted by Gasteiger charge is -2.28. The first-order valence-electron chi connectivity index (χ1n) is 5.10. The Morgan fingerprint density at radius 3 is 1.94 bits per heavy atom. The molecule has 0 aromatic carbocycles. The highest BCUT2D eigenvalue weighted by Gasteiger charge is 2.28. The van der Waals surface area contributed by atoms with Crippen LogP contribution in [-0.4, -0.2) is 14.5 Å². The van der Waals surface area contributed by atoms with Gasteiger partial charge in [0.05, 0.1) is 5.54 Å². The van der Waals surface area contributed by atoms with Crippen LogP contribution in [0.15, 0.2) is 27.0 Å². The molecule has 16 heavy (non-hydrogen) atoms. The van der Waals surface area contributed by atoms with Crippen molar-refractivity contribution in [1.29, 1.82) is 0 Å². The Morgan fingerprint density at radius 1 is 1.19 bits per heavy atom. The molecule has 0 aliphatic heterocycles. The second kappa shape index (κ2) is 4.34. The maximum Gasteiger partial charge on any atom is 0.334 e. The Hall–Kier alpha value is -1.85. The Morgan fingerprint density at radius 2 is 1.62 bits per heavy atom. The van der Waals surface area contributed by atoms with Gasteiger partial charge in [-0.1, -0.05) is 19.9 Å². The van der Waals surface area contributed by atoms with Gasteiger partial charge in [-0.25, -0.2) is 19.0 Å². The lowest BCUT2D eigenvalue weighted by molar-refractivity contribution is 0.313. The van der Waals surface area contributed by atoms with Crippen molar-refractivity contribution in [2.45, 2.75) is 32.2 Å². The van der Waals surface area contributed by atoms with Gasteiger partial charge in [0.1, 0.15) is 0 Å². The zero-order valence-electron chi connectivity index (χ0n) is 9.37. The number of allylic oxidation sites excluding steroid dienone is 1. The number of hydrogen-bond donors (Lipinski definition) is 2. The summed E-state index contributed by atoms with van der Waals surface area (Å²) in [5.41, 5.74) is -2.97. The molecule has 0 unspecified atom stereocenters. The molecular formula is C10H15N3O3. The lowest BCUT2D eigenvalue weighted by Crippen LogP contribution is -2.52. The second-order valence-electron chi connectivity index (χ2n) is 3.54. The molecule has 6 nitrogen and oxygen atoms in total. The Balaban J connectivity index is 3.67. The van der Waals surface area contributed by atoms with Crippen molar-refractivity contribution in [2.75, 3.05) is 0 Å². The molecule has 0 amide bonds. The SMILES string of the molecule is C=CC(CC)(CC)n1c(=O)[nH]c(=O)[nH]c1=O. The van der Waals surface area contributed by atoms with Crippen LogP contribution < -0.4 is 17.1 Å². The summed E-state index contributed by atoms with van der Waals surface area (Å²) in [6.45, 7) is 7.35. The molecule has 0 bridgehead atoms. The van der Waals surface area contributed by atoms with Gasteiger partial charge in [-0.2, -0.15) is 0 Å². The minimum atomic E-state index is -0.795. The van der Waals surface area contributed by atoms with Crippen molar-refractivity contribution in [3.63, 3.8) is 0 Å². The highest BCUT2D eigenvalue weighted by molar-refractivity contribution is 5.00. The molecule has 88 valence electrons. The monoisotopic (exact) mass is 225 g/mol. The molecule has 0 saturated heterocycles. The molecule has 1 aromatic heterocycles. The minimum absolute atomic E-state index is 0.544. The third-order valence-corrected chi connectivity index (χ3v) is 2.90. The predicted octanol–water partition coefficient (Wildman–Crippen LogP) is -0.0738. The maximum absolute atomic E-state index is 11.6. The number of nitrogens with zero attached hydrogens (tertiary/aromatic N) is 1. The Kier molecular flexibility index (Phi) is 3.31. The third-order valence-electron chi connectivity index (χ3n) is 2.90. The largest absolute Gasteiger partial charge is 0.334 e. The van der Waals surface area contributed by atoms with E-state index in [1.807, 2.05) is 23.8 Å². The summed E-state index contributed by atoms with van der Waals surface area (Å²) in [7, 11) is 0. The van der Waals surface area contributed by atoms with Gasteiger partial charge < -0.3 is 0 Å². The standard InChI is InChI=1S/C10H15N3O3/c1-4-10(5-2,6-3)13-8(15)11-7(14)12-9(13)16/h4H,1,5-6H2,2-3H3,(H2,11,12,14,15,16). The van der Waals surface area contributed by atoms with E-state index >= 15 is 0 Å². The van der Waals surface area contributed by atoms with Crippen LogP contribution in [-0.2, 0) is 5.54 Å². The highest BCUT2D eigenvalue weighted by Crippen LogP contribution is 2.22. The van der Waals surface area contributed by atoms with Gasteiger partial charge in [-0.3, -0.25) is 9.97 Å². The molecule has 0 fully saturated rings. The number of rotatable bonds is 4. The molecule has 1 rings (SSSR count). The molecule has 0 aliphatic rings. The van der Waals surface area contributed by atoms with E-state index in [4.69, 9.17) is 0 Å². The molecular weight excluding hydrogens is 210 g/mol. The van der Waals surface area contributed by atoms with Crippen molar-refractivity contribution in [2.24, 2.45) is 0 Å². The van der Waals surface area contributed by atoms with E-state index in [0.29, 0.717) is 12.8 Å². The van der Waals surface area contributed by atoms with Crippen molar-refractivity contribution >= 4 is 0 Å². The van der Waals surface area contributed by atoms with Crippen LogP contribution in [0.4, 0.5) is 0 Å². The molecule has 0 radical (unpaired) electrons. The fourth-order valence-corrected chi connectivity index (χ4v) is 1.78. The number of H-pyrrole nitrogens is 2. The number of aromatic amines is 2. The molecule has 1 heterocycles. The lowest BCUT2D eigenvalue weighted by atomic mass is 9.93. The van der Waals surface area contributed by atoms with E-state index in [0.717, 1.165) is 4.57 Å². The summed E-state index contributed by atoms with van der Waals surface area (Å²) in [6.07, 6.45) is 2.64. The van der Waals surface area contributed by atoms with Gasteiger partial charge in [-0.15, -0.1) is 6.58 Å². The molecule has 0 spiro atoms. The zero-order chi connectivity index (χ0) is 12.3. The van der Waals surface area contributed by atoms with E-state index in [2.05, 4.69) is 6.58 Å². The zero-order valence-corrected chi connectivity index (χ0v) is 9.37. The van der Waals surface area contributed by atoms with Gasteiger partial charge in [0.2, 0.25) is 0 Å². The molecule has 2 N–H and O–H groups in total. The maximum atomic E-state index is 11.6. The topological polar surface area (TPSA) is 87.7 Å². The van der Waals surface area contributed by atoms with Gasteiger partial charge in [0.15, 0.2) is 0 Å². The Labute approximate surface area is 91.6 Å². The average molecular weight is 225 g/mol. The summed E-state index contributed by atoms with van der Waals surface area (Å²) in [5.74, 6) is 0. The fraction of sp³-hybridized carbons (Fsp3) is 0.500. The Bertz CT molecular complexity index is 511. The van der Waals surface area contributed by atoms with Gasteiger partial charge in [0.25, 0.3) is 0 Å². The fourth-order valence-electron chi connectivity index (χ4n) is 1.78. The van der Waals surface area contributed by atoms with Crippen LogP contribution in [0.3, 0.4) is 0 Å². The van der Waals surface area contributed by atoms with Gasteiger partial charge >= 0.3 is 17.1 Å². The average Bonchev–Trinajstić information content (AvgIpc) is 2.23. The van der Waals surface area contributed by atoms with Gasteiger partial charge in [-0.05, 0) is 12.8 Å². The molecule has 0 saturated carbocycles. The quantitative estimate of drug-likeness (QED) is 0.703. The molecule has 6 heteroatoms. The summed E-state index contributed by atoms with van der Waals surface area (Å²) >= 11 is 0. The normalized spacial score (nSPS) is 11.4. The van der Waals surface area contributed by atoms with Crippen molar-refractivity contribution in [3.05, 3.63) is 44.1 Å². The summed E-state index contributed by atoms with van der Waals surface area (Å²) in [6, 6.07) is 0. The van der Waals surface area contributed by atoms with Crippen LogP contribution in [0, 0.1) is 0 Å². The highest BCUT2D eigenvalue weighted by atomic mass is 16.2. The molecule has 0 atom stereocenters. The van der Waals surface area contributed by atoms with E-state index < -0.39 is 22.6 Å². The van der Waals surface area contributed by atoms with E-state index in [1.54, 1.807) is 6.08 Å². The summed E-state index contributed by atoms with van der Waals surface area (Å²) in [4.78, 5) is 38.2. The first-order chi connectivity index (χ1) is 7.50. The molecule has 1 aromatic rings. The van der Waals surface area contributed by atoms with Crippen LogP contribution in [0.1, 0.15) is 26.7 Å². The number of aromatic nitrogens is 3. The van der Waals surface area contributed by atoms with E-state index in [-0.39, 0.29) is 0 Å². The number of nitrogens with one attached hydrogen (secondary N) is 2. The van der Waals surface area contributed by atoms with Crippen LogP contribution in [0.2, 0.25) is 0 Å². The van der Waals surface area contributed by atoms with E-state index in [9.17, 15) is 14.4 Å². The van der Waals surface area contributed by atoms with Crippen molar-refractivity contribution in [1.82, 2.24) is 14.5 Å². The van der Waals surface area contributed by atoms with Crippen LogP contribution in [0.25, 0.3) is 0 Å². The number of hydrogen-bond acceptors (Lipinski definition) is 3. The van der Waals surface area contributed by atoms with Crippen molar-refractivity contribution < 1.29 is 0 Å². The first-order valence-corrected chi connectivity index (χ1v) is 5.10. The van der Waals surface area contributed by atoms with Crippen LogP contribution >= 0.6 is 0 Å². The summed E-state index contributed by atoms with van der Waals surface area (Å²) < 4.78 is 1.00. The smallest absolute Gasteiger partial charge is 0.259 e. The van der Waals surface area contributed by atoms with Crippen LogP contribution in [0.5, 0.6) is 0 Å². The summed E-state index contributed by atoms with van der Waals surface area (Å²) in [5, 5.41) is 0. The first kappa shape index (κ1) is 12.2. The third kappa shape index (κ3) is 1.78. The second-order valence-corrected chi connectivity index (χ2v) is 3.54. The predicted molar refractivity (Wildman–Crippen MR) is 60.7 cm³/mol. The van der Waals surface area contributed by atoms with Crippen molar-refractivity contribution in [3.8, 4) is 0 Å². The van der Waals surface area contributed by atoms with E-state index in [1.165, 1.54) is 0 Å².